The van der Waals surface area contributed by atoms with Gasteiger partial charge in [0.15, 0.2) is 5.78 Å². The SMILES string of the molecule is CC(C)Oc1cc(C#N)cc(Nc2ncc3c(n2)CCCCC3=O)c1. The predicted molar refractivity (Wildman–Crippen MR) is 94.1 cm³/mol. The van der Waals surface area contributed by atoms with Crippen molar-refractivity contribution in [3.05, 3.63) is 41.2 Å². The van der Waals surface area contributed by atoms with Gasteiger partial charge in [0.1, 0.15) is 5.75 Å². The van der Waals surface area contributed by atoms with Crippen molar-refractivity contribution in [2.45, 2.75) is 45.6 Å². The highest BCUT2D eigenvalue weighted by Crippen LogP contribution is 2.25. The number of ether oxygens (including phenoxy) is 1. The summed E-state index contributed by atoms with van der Waals surface area (Å²) in [6, 6.07) is 7.34. The normalized spacial score (nSPS) is 13.8. The summed E-state index contributed by atoms with van der Waals surface area (Å²) in [5.41, 5.74) is 2.58. The summed E-state index contributed by atoms with van der Waals surface area (Å²) >= 11 is 0. The summed E-state index contributed by atoms with van der Waals surface area (Å²) in [5.74, 6) is 1.14. The molecule has 1 aromatic heterocycles. The van der Waals surface area contributed by atoms with Crippen LogP contribution in [0.1, 0.15) is 54.7 Å². The molecule has 0 fully saturated rings. The smallest absolute Gasteiger partial charge is 0.227 e. The third-order valence-electron chi connectivity index (χ3n) is 3.90. The largest absolute Gasteiger partial charge is 0.491 e. The number of benzene rings is 1. The lowest BCUT2D eigenvalue weighted by atomic mass is 10.1. The Bertz CT molecular complexity index is 840. The second kappa shape index (κ2) is 7.31. The maximum atomic E-state index is 12.1. The number of carbonyl (C=O) groups excluding carboxylic acids is 1. The Morgan fingerprint density at radius 2 is 2.04 bits per heavy atom. The predicted octanol–water partition coefficient (Wildman–Crippen LogP) is 3.79. The van der Waals surface area contributed by atoms with Gasteiger partial charge >= 0.3 is 0 Å². The second-order valence-corrected chi connectivity index (χ2v) is 6.33. The number of aryl methyl sites for hydroxylation is 1. The number of nitrogens with one attached hydrogen (secondary N) is 1. The van der Waals surface area contributed by atoms with Gasteiger partial charge in [-0.2, -0.15) is 5.26 Å². The molecule has 2 aromatic rings. The van der Waals surface area contributed by atoms with E-state index in [1.807, 2.05) is 13.8 Å². The highest BCUT2D eigenvalue weighted by atomic mass is 16.5. The van der Waals surface area contributed by atoms with Gasteiger partial charge in [-0.25, -0.2) is 9.97 Å². The van der Waals surface area contributed by atoms with Gasteiger partial charge in [-0.1, -0.05) is 0 Å². The fourth-order valence-electron chi connectivity index (χ4n) is 2.82. The first-order chi connectivity index (χ1) is 12.0. The minimum atomic E-state index is 0.0107. The molecule has 0 saturated carbocycles. The molecule has 1 N–H and O–H groups in total. The van der Waals surface area contributed by atoms with Crippen LogP contribution in [-0.2, 0) is 6.42 Å². The number of Topliss-reactive ketones (excluding diaryl/α,β-unsaturated/α-hetero) is 1. The average Bonchev–Trinajstić information content (AvgIpc) is 2.75. The minimum Gasteiger partial charge on any atom is -0.491 e. The number of carbonyl (C=O) groups is 1. The summed E-state index contributed by atoms with van der Waals surface area (Å²) in [6.45, 7) is 3.86. The monoisotopic (exact) mass is 336 g/mol. The first kappa shape index (κ1) is 16.9. The van der Waals surface area contributed by atoms with Crippen LogP contribution < -0.4 is 10.1 Å². The molecule has 128 valence electrons. The van der Waals surface area contributed by atoms with E-state index in [0.29, 0.717) is 34.9 Å². The highest BCUT2D eigenvalue weighted by molar-refractivity contribution is 5.97. The van der Waals surface area contributed by atoms with Crippen LogP contribution in [0.2, 0.25) is 0 Å². The molecule has 6 nitrogen and oxygen atoms in total. The molecular weight excluding hydrogens is 316 g/mol. The first-order valence-electron chi connectivity index (χ1n) is 8.43. The molecule has 0 radical (unpaired) electrons. The van der Waals surface area contributed by atoms with E-state index in [9.17, 15) is 10.1 Å². The van der Waals surface area contributed by atoms with Crippen LogP contribution in [0.3, 0.4) is 0 Å². The van der Waals surface area contributed by atoms with E-state index < -0.39 is 0 Å². The van der Waals surface area contributed by atoms with E-state index in [-0.39, 0.29) is 11.9 Å². The summed E-state index contributed by atoms with van der Waals surface area (Å²) < 4.78 is 5.68. The quantitative estimate of drug-likeness (QED) is 0.855. The Balaban J connectivity index is 1.88. The number of fused-ring (bicyclic) bond motifs is 1. The molecule has 0 atom stereocenters. The Hall–Kier alpha value is -2.94. The van der Waals surface area contributed by atoms with Crippen molar-refractivity contribution in [2.24, 2.45) is 0 Å². The lowest BCUT2D eigenvalue weighted by molar-refractivity contribution is 0.0981. The van der Waals surface area contributed by atoms with Crippen LogP contribution in [0.25, 0.3) is 0 Å². The highest BCUT2D eigenvalue weighted by Gasteiger charge is 2.18. The van der Waals surface area contributed by atoms with E-state index in [1.165, 1.54) is 0 Å². The lowest BCUT2D eigenvalue weighted by Gasteiger charge is -2.13. The van der Waals surface area contributed by atoms with E-state index in [0.717, 1.165) is 25.0 Å². The third-order valence-corrected chi connectivity index (χ3v) is 3.90. The van der Waals surface area contributed by atoms with Crippen LogP contribution in [0.4, 0.5) is 11.6 Å². The van der Waals surface area contributed by atoms with Gasteiger partial charge in [-0.3, -0.25) is 4.79 Å². The summed E-state index contributed by atoms with van der Waals surface area (Å²) in [4.78, 5) is 20.8. The van der Waals surface area contributed by atoms with Crippen LogP contribution in [0.5, 0.6) is 5.75 Å². The molecule has 0 amide bonds. The number of anilines is 2. The Kier molecular flexibility index (Phi) is 4.94. The molecule has 1 aliphatic carbocycles. The van der Waals surface area contributed by atoms with Crippen LogP contribution in [0, 0.1) is 11.3 Å². The molecular formula is C19H20N4O2. The van der Waals surface area contributed by atoms with Crippen molar-refractivity contribution in [3.8, 4) is 11.8 Å². The van der Waals surface area contributed by atoms with Crippen molar-refractivity contribution in [1.82, 2.24) is 9.97 Å². The Labute approximate surface area is 146 Å². The molecule has 0 saturated heterocycles. The van der Waals surface area contributed by atoms with Crippen LogP contribution in [-0.4, -0.2) is 21.9 Å². The molecule has 3 rings (SSSR count). The number of nitrogens with zero attached hydrogens (tertiary/aromatic N) is 3. The lowest BCUT2D eigenvalue weighted by Crippen LogP contribution is -2.08. The first-order valence-corrected chi connectivity index (χ1v) is 8.43. The number of ketones is 1. The molecule has 6 heteroatoms. The van der Waals surface area contributed by atoms with Gasteiger partial charge in [-0.05, 0) is 45.2 Å². The molecule has 25 heavy (non-hydrogen) atoms. The fraction of sp³-hybridized carbons (Fsp3) is 0.368. The zero-order chi connectivity index (χ0) is 17.8. The third kappa shape index (κ3) is 4.13. The van der Waals surface area contributed by atoms with Gasteiger partial charge < -0.3 is 10.1 Å². The van der Waals surface area contributed by atoms with E-state index >= 15 is 0 Å². The zero-order valence-corrected chi connectivity index (χ0v) is 14.4. The molecule has 1 aromatic carbocycles. The average molecular weight is 336 g/mol. The maximum absolute atomic E-state index is 12.1. The van der Waals surface area contributed by atoms with Crippen molar-refractivity contribution in [3.63, 3.8) is 0 Å². The van der Waals surface area contributed by atoms with Crippen LogP contribution >= 0.6 is 0 Å². The number of rotatable bonds is 4. The molecule has 0 spiro atoms. The number of aromatic nitrogens is 2. The van der Waals surface area contributed by atoms with Crippen molar-refractivity contribution in [2.75, 3.05) is 5.32 Å². The van der Waals surface area contributed by atoms with E-state index in [2.05, 4.69) is 21.4 Å². The van der Waals surface area contributed by atoms with Crippen molar-refractivity contribution >= 4 is 17.4 Å². The fourth-order valence-corrected chi connectivity index (χ4v) is 2.82. The minimum absolute atomic E-state index is 0.0107. The number of nitriles is 1. The maximum Gasteiger partial charge on any atom is 0.227 e. The second-order valence-electron chi connectivity index (χ2n) is 6.33. The molecule has 1 heterocycles. The molecule has 0 unspecified atom stereocenters. The van der Waals surface area contributed by atoms with E-state index in [4.69, 9.17) is 4.74 Å². The zero-order valence-electron chi connectivity index (χ0n) is 14.4. The Morgan fingerprint density at radius 1 is 1.24 bits per heavy atom. The number of hydrogen-bond donors (Lipinski definition) is 1. The standard InChI is InChI=1S/C19H20N4O2/c1-12(2)25-15-8-13(10-20)7-14(9-15)22-19-21-11-16-17(23-19)5-3-4-6-18(16)24/h7-9,11-12H,3-6H2,1-2H3,(H,21,22,23). The van der Waals surface area contributed by atoms with Gasteiger partial charge in [0.25, 0.3) is 0 Å². The topological polar surface area (TPSA) is 87.9 Å². The van der Waals surface area contributed by atoms with Gasteiger partial charge in [-0.15, -0.1) is 0 Å². The van der Waals surface area contributed by atoms with E-state index in [1.54, 1.807) is 24.4 Å². The Morgan fingerprint density at radius 3 is 2.80 bits per heavy atom. The van der Waals surface area contributed by atoms with Gasteiger partial charge in [0.2, 0.25) is 5.95 Å². The van der Waals surface area contributed by atoms with Crippen LogP contribution in [0.15, 0.2) is 24.4 Å². The number of hydrogen-bond acceptors (Lipinski definition) is 6. The summed E-state index contributed by atoms with van der Waals surface area (Å²) in [5, 5.41) is 12.3. The summed E-state index contributed by atoms with van der Waals surface area (Å²) in [6.07, 6.45) is 4.78. The van der Waals surface area contributed by atoms with Gasteiger partial charge in [0.05, 0.1) is 29.0 Å². The van der Waals surface area contributed by atoms with Gasteiger partial charge in [0, 0.05) is 24.4 Å². The van der Waals surface area contributed by atoms with Crippen molar-refractivity contribution in [1.29, 1.82) is 5.26 Å². The molecule has 0 bridgehead atoms. The molecule has 0 aliphatic heterocycles. The molecule has 1 aliphatic rings. The van der Waals surface area contributed by atoms with Crippen molar-refractivity contribution < 1.29 is 9.53 Å². The summed E-state index contributed by atoms with van der Waals surface area (Å²) in [7, 11) is 0.